The van der Waals surface area contributed by atoms with E-state index in [2.05, 4.69) is 52.3 Å². The normalized spacial score (nSPS) is 43.4. The average Bonchev–Trinajstić information content (AvgIpc) is 2.78. The van der Waals surface area contributed by atoms with E-state index < -0.39 is 0 Å². The van der Waals surface area contributed by atoms with Crippen molar-refractivity contribution < 1.29 is 0 Å². The Morgan fingerprint density at radius 3 is 2.62 bits per heavy atom. The fraction of sp³-hybridized carbons (Fsp3) is 0.769. The van der Waals surface area contributed by atoms with Gasteiger partial charge in [0.1, 0.15) is 3.70 Å². The molecule has 16 heavy (non-hydrogen) atoms. The molecule has 4 saturated carbocycles. The monoisotopic (exact) mass is 328 g/mol. The van der Waals surface area contributed by atoms with Crippen LogP contribution >= 0.6 is 22.6 Å². The van der Waals surface area contributed by atoms with Gasteiger partial charge in [-0.25, -0.2) is 0 Å². The fourth-order valence-corrected chi connectivity index (χ4v) is 5.23. The van der Waals surface area contributed by atoms with Crippen molar-refractivity contribution in [2.45, 2.75) is 44.6 Å². The van der Waals surface area contributed by atoms with Crippen LogP contribution in [-0.4, -0.2) is 9.78 Å². The van der Waals surface area contributed by atoms with Gasteiger partial charge in [-0.2, -0.15) is 5.10 Å². The Balaban J connectivity index is 1.84. The van der Waals surface area contributed by atoms with Gasteiger partial charge >= 0.3 is 0 Å². The second kappa shape index (κ2) is 2.85. The first kappa shape index (κ1) is 9.92. The molecule has 0 spiro atoms. The van der Waals surface area contributed by atoms with E-state index >= 15 is 0 Å². The number of hydrogen-bond acceptors (Lipinski definition) is 1. The van der Waals surface area contributed by atoms with Crippen molar-refractivity contribution in [3.8, 4) is 0 Å². The number of halogens is 1. The maximum Gasteiger partial charge on any atom is 0.123 e. The first-order valence-corrected chi connectivity index (χ1v) is 7.46. The number of nitrogens with zero attached hydrogens (tertiary/aromatic N) is 2. The van der Waals surface area contributed by atoms with Crippen LogP contribution in [0.15, 0.2) is 6.07 Å². The van der Waals surface area contributed by atoms with Crippen molar-refractivity contribution in [3.05, 3.63) is 15.5 Å². The van der Waals surface area contributed by atoms with Crippen LogP contribution in [0.2, 0.25) is 0 Å². The molecule has 86 valence electrons. The predicted octanol–water partition coefficient (Wildman–Crippen LogP) is 3.37. The highest BCUT2D eigenvalue weighted by atomic mass is 127. The summed E-state index contributed by atoms with van der Waals surface area (Å²) < 4.78 is 3.47. The van der Waals surface area contributed by atoms with Gasteiger partial charge in [-0.1, -0.05) is 0 Å². The molecule has 0 radical (unpaired) electrons. The lowest BCUT2D eigenvalue weighted by Crippen LogP contribution is -2.16. The highest BCUT2D eigenvalue weighted by Crippen LogP contribution is 2.79. The van der Waals surface area contributed by atoms with Gasteiger partial charge in [0.25, 0.3) is 0 Å². The van der Waals surface area contributed by atoms with Crippen LogP contribution in [0.25, 0.3) is 0 Å². The molecule has 1 aromatic heterocycles. The van der Waals surface area contributed by atoms with Crippen LogP contribution in [0, 0.1) is 21.5 Å². The van der Waals surface area contributed by atoms with Gasteiger partial charge in [-0.05, 0) is 79.5 Å². The Kier molecular flexibility index (Phi) is 1.76. The number of aromatic nitrogens is 2. The topological polar surface area (TPSA) is 17.8 Å². The lowest BCUT2D eigenvalue weighted by atomic mass is 9.99. The van der Waals surface area contributed by atoms with Gasteiger partial charge in [0, 0.05) is 17.2 Å². The van der Waals surface area contributed by atoms with Gasteiger partial charge in [0.2, 0.25) is 0 Å². The third-order valence-corrected chi connectivity index (χ3v) is 5.70. The summed E-state index contributed by atoms with van der Waals surface area (Å²) in [5.74, 6) is 3.08. The summed E-state index contributed by atoms with van der Waals surface area (Å²) >= 11 is 2.36. The summed E-state index contributed by atoms with van der Waals surface area (Å²) in [6.07, 6.45) is 4.46. The summed E-state index contributed by atoms with van der Waals surface area (Å²) in [5, 5.41) is 4.68. The highest BCUT2D eigenvalue weighted by Gasteiger charge is 2.75. The Morgan fingerprint density at radius 2 is 2.12 bits per heavy atom. The van der Waals surface area contributed by atoms with E-state index in [1.54, 1.807) is 5.69 Å². The SMILES string of the molecule is CC(C)n1nc(I)cc1C12CC3C[C@H]1[C@@H]2C3. The first-order chi connectivity index (χ1) is 7.63. The molecule has 4 bridgehead atoms. The molecule has 0 aliphatic heterocycles. The van der Waals surface area contributed by atoms with E-state index in [0.717, 1.165) is 17.8 Å². The third-order valence-electron chi connectivity index (χ3n) is 5.17. The van der Waals surface area contributed by atoms with E-state index in [0.29, 0.717) is 11.5 Å². The third kappa shape index (κ3) is 0.975. The van der Waals surface area contributed by atoms with E-state index in [-0.39, 0.29) is 0 Å². The maximum atomic E-state index is 4.68. The minimum absolute atomic E-state index is 0.506. The molecule has 2 atom stereocenters. The largest absolute Gasteiger partial charge is 0.265 e. The van der Waals surface area contributed by atoms with Crippen LogP contribution in [0.3, 0.4) is 0 Å². The van der Waals surface area contributed by atoms with Gasteiger partial charge in [-0.15, -0.1) is 0 Å². The van der Waals surface area contributed by atoms with Crippen molar-refractivity contribution in [2.24, 2.45) is 17.8 Å². The smallest absolute Gasteiger partial charge is 0.123 e. The Morgan fingerprint density at radius 1 is 1.44 bits per heavy atom. The van der Waals surface area contributed by atoms with Gasteiger partial charge in [0.15, 0.2) is 0 Å². The van der Waals surface area contributed by atoms with E-state index in [1.165, 1.54) is 23.0 Å². The number of rotatable bonds is 2. The summed E-state index contributed by atoms with van der Waals surface area (Å²) in [6, 6.07) is 2.85. The molecule has 0 amide bonds. The molecule has 2 nitrogen and oxygen atoms in total. The van der Waals surface area contributed by atoms with E-state index in [4.69, 9.17) is 0 Å². The molecule has 0 N–H and O–H groups in total. The minimum Gasteiger partial charge on any atom is -0.265 e. The molecule has 0 unspecified atom stereocenters. The summed E-state index contributed by atoms with van der Waals surface area (Å²) in [4.78, 5) is 0. The van der Waals surface area contributed by atoms with Gasteiger partial charge in [-0.3, -0.25) is 4.68 Å². The summed E-state index contributed by atoms with van der Waals surface area (Å²) in [7, 11) is 0. The zero-order chi connectivity index (χ0) is 11.1. The lowest BCUT2D eigenvalue weighted by molar-refractivity contribution is 0.467. The van der Waals surface area contributed by atoms with Gasteiger partial charge < -0.3 is 0 Å². The average molecular weight is 328 g/mol. The molecular formula is C13H17IN2. The quantitative estimate of drug-likeness (QED) is 0.761. The Labute approximate surface area is 110 Å². The van der Waals surface area contributed by atoms with Crippen molar-refractivity contribution in [3.63, 3.8) is 0 Å². The van der Waals surface area contributed by atoms with Crippen LogP contribution in [-0.2, 0) is 5.41 Å². The zero-order valence-corrected chi connectivity index (χ0v) is 11.9. The van der Waals surface area contributed by atoms with Crippen molar-refractivity contribution >= 4 is 22.6 Å². The Bertz CT molecular complexity index is 450. The summed E-state index contributed by atoms with van der Waals surface area (Å²) in [6.45, 7) is 4.50. The fourth-order valence-electron chi connectivity index (χ4n) is 4.71. The molecule has 4 aliphatic rings. The zero-order valence-electron chi connectivity index (χ0n) is 9.78. The van der Waals surface area contributed by atoms with Crippen molar-refractivity contribution in [1.82, 2.24) is 9.78 Å². The maximum absolute atomic E-state index is 4.68. The van der Waals surface area contributed by atoms with Crippen LogP contribution in [0.4, 0.5) is 0 Å². The molecule has 4 aliphatic carbocycles. The van der Waals surface area contributed by atoms with Crippen LogP contribution in [0.5, 0.6) is 0 Å². The molecule has 0 saturated heterocycles. The second-order valence-corrected chi connectivity index (χ2v) is 7.29. The lowest BCUT2D eigenvalue weighted by Gasteiger charge is -2.17. The van der Waals surface area contributed by atoms with Crippen molar-refractivity contribution in [1.29, 1.82) is 0 Å². The highest BCUT2D eigenvalue weighted by molar-refractivity contribution is 14.1. The predicted molar refractivity (Wildman–Crippen MR) is 71.3 cm³/mol. The standard InChI is InChI=1S/C13H17IN2/c1-7(2)16-11(5-12(14)15-16)13-6-8-3-9(13)10(13)4-8/h5,7-10H,3-4,6H2,1-2H3/t8?,9-,10-,13?/m0/s1. The first-order valence-electron chi connectivity index (χ1n) is 6.38. The van der Waals surface area contributed by atoms with Crippen LogP contribution < -0.4 is 0 Å². The second-order valence-electron chi connectivity index (χ2n) is 6.19. The van der Waals surface area contributed by atoms with E-state index in [1.807, 2.05) is 0 Å². The molecule has 3 heteroatoms. The molecule has 0 aromatic carbocycles. The summed E-state index contributed by atoms with van der Waals surface area (Å²) in [5.41, 5.74) is 2.13. The minimum atomic E-state index is 0.506. The van der Waals surface area contributed by atoms with Crippen LogP contribution in [0.1, 0.15) is 44.8 Å². The molecule has 1 aromatic rings. The molecule has 5 rings (SSSR count). The molecular weight excluding hydrogens is 311 g/mol. The molecule has 1 heterocycles. The van der Waals surface area contributed by atoms with Crippen molar-refractivity contribution in [2.75, 3.05) is 0 Å². The Hall–Kier alpha value is -0.0600. The molecule has 4 fully saturated rings. The van der Waals surface area contributed by atoms with Gasteiger partial charge in [0.05, 0.1) is 0 Å². The van der Waals surface area contributed by atoms with E-state index in [9.17, 15) is 0 Å². The number of hydrogen-bond donors (Lipinski definition) is 0.